The van der Waals surface area contributed by atoms with Crippen LogP contribution in [0, 0.1) is 0 Å². The number of hydrogen-bond acceptors (Lipinski definition) is 5. The van der Waals surface area contributed by atoms with Crippen LogP contribution in [0.5, 0.6) is 5.75 Å². The molecule has 1 unspecified atom stereocenters. The molecule has 1 heterocycles. The highest BCUT2D eigenvalue weighted by molar-refractivity contribution is 5.73. The van der Waals surface area contributed by atoms with E-state index in [0.29, 0.717) is 19.8 Å². The van der Waals surface area contributed by atoms with Gasteiger partial charge in [0.25, 0.3) is 0 Å². The van der Waals surface area contributed by atoms with Gasteiger partial charge >= 0.3 is 0 Å². The van der Waals surface area contributed by atoms with Crippen LogP contribution in [0.2, 0.25) is 0 Å². The van der Waals surface area contributed by atoms with Gasteiger partial charge in [0, 0.05) is 33.1 Å². The van der Waals surface area contributed by atoms with Gasteiger partial charge in [0.05, 0.1) is 26.4 Å². The Hall–Kier alpha value is -1.63. The molecule has 1 fully saturated rings. The number of rotatable bonds is 7. The maximum Gasteiger partial charge on any atom is 0.219 e. The van der Waals surface area contributed by atoms with E-state index in [4.69, 9.17) is 9.47 Å². The zero-order valence-corrected chi connectivity index (χ0v) is 14.6. The lowest BCUT2D eigenvalue weighted by Gasteiger charge is -2.23. The largest absolute Gasteiger partial charge is 0.497 e. The van der Waals surface area contributed by atoms with Crippen molar-refractivity contribution in [2.24, 2.45) is 0 Å². The average Bonchev–Trinajstić information content (AvgIpc) is 2.81. The summed E-state index contributed by atoms with van der Waals surface area (Å²) in [6, 6.07) is 7.71. The van der Waals surface area contributed by atoms with Gasteiger partial charge in [0.2, 0.25) is 5.91 Å². The molecule has 1 aromatic rings. The molecule has 1 aliphatic rings. The second kappa shape index (κ2) is 9.61. The van der Waals surface area contributed by atoms with Crippen LogP contribution >= 0.6 is 0 Å². The highest BCUT2D eigenvalue weighted by Crippen LogP contribution is 2.13. The van der Waals surface area contributed by atoms with Crippen molar-refractivity contribution in [1.29, 1.82) is 0 Å². The zero-order chi connectivity index (χ0) is 17.4. The Balaban J connectivity index is 1.69. The van der Waals surface area contributed by atoms with Crippen molar-refractivity contribution in [3.8, 4) is 5.75 Å². The summed E-state index contributed by atoms with van der Waals surface area (Å²) in [4.78, 5) is 15.5. The number of benzene rings is 1. The molecule has 1 aromatic carbocycles. The van der Waals surface area contributed by atoms with E-state index in [1.165, 1.54) is 0 Å². The fraction of sp³-hybridized carbons (Fsp3) is 0.611. The molecule has 0 bridgehead atoms. The first kappa shape index (κ1) is 18.7. The molecule has 2 rings (SSSR count). The predicted molar refractivity (Wildman–Crippen MR) is 92.0 cm³/mol. The smallest absolute Gasteiger partial charge is 0.219 e. The van der Waals surface area contributed by atoms with Gasteiger partial charge in [-0.25, -0.2) is 0 Å². The lowest BCUT2D eigenvalue weighted by molar-refractivity contribution is -0.128. The molecule has 24 heavy (non-hydrogen) atoms. The summed E-state index contributed by atoms with van der Waals surface area (Å²) < 4.78 is 10.8. The van der Waals surface area contributed by atoms with Crippen LogP contribution in [0.25, 0.3) is 0 Å². The molecule has 0 aliphatic carbocycles. The third-order valence-corrected chi connectivity index (χ3v) is 4.22. The Bertz CT molecular complexity index is 523. The van der Waals surface area contributed by atoms with Gasteiger partial charge in [0.1, 0.15) is 5.75 Å². The lowest BCUT2D eigenvalue weighted by atomic mass is 10.2. The topological polar surface area (TPSA) is 62.2 Å². The third kappa shape index (κ3) is 6.11. The van der Waals surface area contributed by atoms with Gasteiger partial charge in [-0.15, -0.1) is 0 Å². The minimum absolute atomic E-state index is 0.124. The van der Waals surface area contributed by atoms with Crippen LogP contribution < -0.4 is 4.74 Å². The summed E-state index contributed by atoms with van der Waals surface area (Å²) in [5, 5.41) is 10.2. The molecule has 0 aromatic heterocycles. The lowest BCUT2D eigenvalue weighted by Crippen LogP contribution is -2.38. The summed E-state index contributed by atoms with van der Waals surface area (Å²) >= 11 is 0. The van der Waals surface area contributed by atoms with E-state index in [2.05, 4.69) is 4.90 Å². The Kier molecular flexibility index (Phi) is 7.49. The first-order valence-electron chi connectivity index (χ1n) is 8.45. The van der Waals surface area contributed by atoms with Crippen LogP contribution in [-0.2, 0) is 16.1 Å². The highest BCUT2D eigenvalue weighted by atomic mass is 16.5. The molecule has 1 amide bonds. The first-order valence-corrected chi connectivity index (χ1v) is 8.45. The minimum atomic E-state index is -0.528. The SMILES string of the molecule is COc1cccc(COCC(O)CN2CCCN(C(C)=O)CC2)c1. The first-order chi connectivity index (χ1) is 11.6. The Labute approximate surface area is 144 Å². The van der Waals surface area contributed by atoms with E-state index in [1.54, 1.807) is 14.0 Å². The van der Waals surface area contributed by atoms with Gasteiger partial charge in [-0.3, -0.25) is 9.69 Å². The molecule has 6 heteroatoms. The van der Waals surface area contributed by atoms with Crippen molar-refractivity contribution in [3.63, 3.8) is 0 Å². The molecule has 1 atom stereocenters. The summed E-state index contributed by atoms with van der Waals surface area (Å²) in [5.41, 5.74) is 1.02. The van der Waals surface area contributed by atoms with Crippen molar-refractivity contribution in [3.05, 3.63) is 29.8 Å². The molecule has 0 radical (unpaired) electrons. The summed E-state index contributed by atoms with van der Waals surface area (Å²) in [5.74, 6) is 0.926. The van der Waals surface area contributed by atoms with E-state index < -0.39 is 6.10 Å². The number of carbonyl (C=O) groups is 1. The molecule has 1 aliphatic heterocycles. The van der Waals surface area contributed by atoms with Crippen molar-refractivity contribution < 1.29 is 19.4 Å². The van der Waals surface area contributed by atoms with Gasteiger partial charge < -0.3 is 19.5 Å². The average molecular weight is 336 g/mol. The fourth-order valence-corrected chi connectivity index (χ4v) is 2.89. The Morgan fingerprint density at radius 2 is 2.12 bits per heavy atom. The molecular formula is C18H28N2O4. The normalized spacial score (nSPS) is 17.4. The van der Waals surface area contributed by atoms with E-state index in [9.17, 15) is 9.90 Å². The fourth-order valence-electron chi connectivity index (χ4n) is 2.89. The van der Waals surface area contributed by atoms with Crippen molar-refractivity contribution in [2.75, 3.05) is 46.4 Å². The van der Waals surface area contributed by atoms with Crippen LogP contribution in [0.3, 0.4) is 0 Å². The van der Waals surface area contributed by atoms with E-state index >= 15 is 0 Å². The van der Waals surface area contributed by atoms with Crippen LogP contribution in [0.4, 0.5) is 0 Å². The summed E-state index contributed by atoms with van der Waals surface area (Å²) in [6.45, 7) is 6.15. The van der Waals surface area contributed by atoms with Crippen LogP contribution in [0.15, 0.2) is 24.3 Å². The molecule has 0 spiro atoms. The monoisotopic (exact) mass is 336 g/mol. The second-order valence-corrected chi connectivity index (χ2v) is 6.18. The maximum atomic E-state index is 11.4. The van der Waals surface area contributed by atoms with Gasteiger partial charge in [-0.1, -0.05) is 12.1 Å². The molecule has 6 nitrogen and oxygen atoms in total. The standard InChI is InChI=1S/C18H28N2O4/c1-15(21)20-8-4-7-19(9-10-20)12-17(22)14-24-13-16-5-3-6-18(11-16)23-2/h3,5-6,11,17,22H,4,7-10,12-14H2,1-2H3. The maximum absolute atomic E-state index is 11.4. The molecule has 1 saturated heterocycles. The minimum Gasteiger partial charge on any atom is -0.497 e. The molecule has 1 N–H and O–H groups in total. The Morgan fingerprint density at radius 1 is 1.29 bits per heavy atom. The van der Waals surface area contributed by atoms with E-state index in [-0.39, 0.29) is 5.91 Å². The molecular weight excluding hydrogens is 308 g/mol. The molecule has 0 saturated carbocycles. The number of ether oxygens (including phenoxy) is 2. The van der Waals surface area contributed by atoms with Gasteiger partial charge in [-0.2, -0.15) is 0 Å². The summed E-state index contributed by atoms with van der Waals surface area (Å²) in [6.07, 6.45) is 0.413. The molecule has 134 valence electrons. The zero-order valence-electron chi connectivity index (χ0n) is 14.6. The predicted octanol–water partition coefficient (Wildman–Crippen LogP) is 1.13. The highest BCUT2D eigenvalue weighted by Gasteiger charge is 2.18. The number of nitrogens with zero attached hydrogens (tertiary/aromatic N) is 2. The number of carbonyl (C=O) groups excluding carboxylic acids is 1. The number of hydrogen-bond donors (Lipinski definition) is 1. The van der Waals surface area contributed by atoms with E-state index in [1.807, 2.05) is 29.2 Å². The van der Waals surface area contributed by atoms with Crippen molar-refractivity contribution >= 4 is 5.91 Å². The van der Waals surface area contributed by atoms with Gasteiger partial charge in [0.15, 0.2) is 0 Å². The third-order valence-electron chi connectivity index (χ3n) is 4.22. The van der Waals surface area contributed by atoms with Gasteiger partial charge in [-0.05, 0) is 30.7 Å². The van der Waals surface area contributed by atoms with Crippen molar-refractivity contribution in [1.82, 2.24) is 9.80 Å². The number of amides is 1. The number of aliphatic hydroxyl groups excluding tert-OH is 1. The van der Waals surface area contributed by atoms with Crippen LogP contribution in [-0.4, -0.2) is 73.4 Å². The number of methoxy groups -OCH3 is 1. The van der Waals surface area contributed by atoms with Crippen LogP contribution in [0.1, 0.15) is 18.9 Å². The number of β-amino-alcohol motifs (C(OH)–C–C–N with tert-alkyl or cyclic N) is 1. The van der Waals surface area contributed by atoms with Crippen molar-refractivity contribution in [2.45, 2.75) is 26.1 Å². The summed E-state index contributed by atoms with van der Waals surface area (Å²) in [7, 11) is 1.64. The number of aliphatic hydroxyl groups is 1. The quantitative estimate of drug-likeness (QED) is 0.809. The Morgan fingerprint density at radius 3 is 2.88 bits per heavy atom. The van der Waals surface area contributed by atoms with E-state index in [0.717, 1.165) is 43.9 Å². The second-order valence-electron chi connectivity index (χ2n) is 6.18.